The van der Waals surface area contributed by atoms with Gasteiger partial charge in [0.1, 0.15) is 18.0 Å². The molecule has 174 valence electrons. The van der Waals surface area contributed by atoms with Crippen molar-refractivity contribution in [1.82, 2.24) is 19.7 Å². The topological polar surface area (TPSA) is 83.4 Å². The second kappa shape index (κ2) is 8.38. The molecule has 0 amide bonds. The van der Waals surface area contributed by atoms with E-state index in [1.54, 1.807) is 0 Å². The van der Waals surface area contributed by atoms with Crippen LogP contribution in [0, 0.1) is 18.6 Å². The summed E-state index contributed by atoms with van der Waals surface area (Å²) < 4.78 is 51.6. The number of aromatic nitrogens is 3. The molecular formula is C22H24F2N6O2S. The number of aryl methyl sites for hydroxylation is 1. The van der Waals surface area contributed by atoms with E-state index in [2.05, 4.69) is 31.3 Å². The van der Waals surface area contributed by atoms with Gasteiger partial charge in [-0.1, -0.05) is 0 Å². The lowest BCUT2D eigenvalue weighted by Crippen LogP contribution is -2.62. The Morgan fingerprint density at radius 2 is 1.67 bits per heavy atom. The van der Waals surface area contributed by atoms with Crippen molar-refractivity contribution >= 4 is 27.2 Å². The van der Waals surface area contributed by atoms with E-state index in [1.807, 2.05) is 19.1 Å². The Balaban J connectivity index is 1.25. The Labute approximate surface area is 190 Å². The largest absolute Gasteiger partial charge is 0.368 e. The van der Waals surface area contributed by atoms with E-state index in [1.165, 1.54) is 23.1 Å². The maximum atomic E-state index is 13.5. The molecule has 1 aromatic heterocycles. The van der Waals surface area contributed by atoms with E-state index < -0.39 is 21.5 Å². The first-order valence-corrected chi connectivity index (χ1v) is 12.5. The van der Waals surface area contributed by atoms with Crippen LogP contribution < -0.4 is 10.2 Å². The fourth-order valence-corrected chi connectivity index (χ4v) is 5.48. The zero-order valence-corrected chi connectivity index (χ0v) is 18.9. The van der Waals surface area contributed by atoms with Crippen molar-refractivity contribution in [3.8, 4) is 5.69 Å². The van der Waals surface area contributed by atoms with E-state index in [0.29, 0.717) is 25.1 Å². The molecule has 1 N–H and O–H groups in total. The summed E-state index contributed by atoms with van der Waals surface area (Å²) in [6, 6.07) is 9.62. The number of hydrogen-bond acceptors (Lipinski definition) is 7. The zero-order valence-electron chi connectivity index (χ0n) is 18.1. The van der Waals surface area contributed by atoms with Crippen LogP contribution in [0.5, 0.6) is 0 Å². The number of nitrogens with one attached hydrogen (secondary N) is 1. The van der Waals surface area contributed by atoms with Gasteiger partial charge < -0.3 is 10.2 Å². The monoisotopic (exact) mass is 474 g/mol. The van der Waals surface area contributed by atoms with Gasteiger partial charge in [0.2, 0.25) is 5.95 Å². The molecule has 0 radical (unpaired) electrons. The van der Waals surface area contributed by atoms with Gasteiger partial charge in [-0.2, -0.15) is 4.98 Å². The van der Waals surface area contributed by atoms with Crippen LogP contribution in [-0.2, 0) is 9.84 Å². The first-order valence-electron chi connectivity index (χ1n) is 10.7. The van der Waals surface area contributed by atoms with Crippen molar-refractivity contribution in [3.63, 3.8) is 0 Å². The minimum Gasteiger partial charge on any atom is -0.368 e. The summed E-state index contributed by atoms with van der Waals surface area (Å²) in [5.41, 5.74) is 3.18. The average molecular weight is 475 g/mol. The summed E-state index contributed by atoms with van der Waals surface area (Å²) in [6.07, 6.45) is 1.39. The van der Waals surface area contributed by atoms with E-state index in [-0.39, 0.29) is 17.2 Å². The molecule has 0 unspecified atom stereocenters. The lowest BCUT2D eigenvalue weighted by atomic mass is 10.0. The van der Waals surface area contributed by atoms with E-state index in [4.69, 9.17) is 0 Å². The van der Waals surface area contributed by atoms with Crippen LogP contribution in [0.1, 0.15) is 5.56 Å². The van der Waals surface area contributed by atoms with Gasteiger partial charge in [-0.15, -0.1) is 5.10 Å². The smallest absolute Gasteiger partial charge is 0.246 e. The second-order valence-electron chi connectivity index (χ2n) is 8.57. The van der Waals surface area contributed by atoms with Crippen LogP contribution in [0.15, 0.2) is 42.7 Å². The molecule has 0 aliphatic carbocycles. The molecule has 2 saturated heterocycles. The van der Waals surface area contributed by atoms with E-state index >= 15 is 0 Å². The zero-order chi connectivity index (χ0) is 23.2. The summed E-state index contributed by atoms with van der Waals surface area (Å²) in [4.78, 5) is 8.72. The lowest BCUT2D eigenvalue weighted by Gasteiger charge is -2.47. The molecule has 8 nitrogen and oxygen atoms in total. The van der Waals surface area contributed by atoms with Gasteiger partial charge in [-0.3, -0.25) is 4.90 Å². The van der Waals surface area contributed by atoms with Gasteiger partial charge >= 0.3 is 0 Å². The van der Waals surface area contributed by atoms with Gasteiger partial charge in [0.15, 0.2) is 9.84 Å². The molecule has 3 aromatic rings. The average Bonchev–Trinajstić information content (AvgIpc) is 3.15. The molecule has 0 spiro atoms. The predicted molar refractivity (Wildman–Crippen MR) is 122 cm³/mol. The van der Waals surface area contributed by atoms with Gasteiger partial charge in [-0.25, -0.2) is 21.9 Å². The van der Waals surface area contributed by atoms with E-state index in [9.17, 15) is 17.2 Å². The minimum atomic E-state index is -2.87. The third kappa shape index (κ3) is 4.83. The molecule has 0 atom stereocenters. The summed E-state index contributed by atoms with van der Waals surface area (Å²) in [6.45, 7) is 4.90. The van der Waals surface area contributed by atoms with Gasteiger partial charge in [-0.05, 0) is 42.8 Å². The molecule has 3 heterocycles. The van der Waals surface area contributed by atoms with Crippen LogP contribution in [0.4, 0.5) is 26.1 Å². The van der Waals surface area contributed by atoms with Gasteiger partial charge in [0.05, 0.1) is 17.2 Å². The number of halogens is 2. The molecule has 2 aliphatic heterocycles. The van der Waals surface area contributed by atoms with Gasteiger partial charge in [0, 0.05) is 49.7 Å². The Morgan fingerprint density at radius 1 is 0.970 bits per heavy atom. The van der Waals surface area contributed by atoms with Crippen LogP contribution in [0.2, 0.25) is 0 Å². The number of anilines is 3. The molecule has 11 heteroatoms. The highest BCUT2D eigenvalue weighted by atomic mass is 32.2. The van der Waals surface area contributed by atoms with Crippen molar-refractivity contribution in [1.29, 1.82) is 0 Å². The summed E-state index contributed by atoms with van der Waals surface area (Å²) >= 11 is 0. The molecule has 0 saturated carbocycles. The second-order valence-corrected chi connectivity index (χ2v) is 10.9. The summed E-state index contributed by atoms with van der Waals surface area (Å²) in [5.74, 6) is -0.574. The molecule has 2 aromatic carbocycles. The Morgan fingerprint density at radius 3 is 2.36 bits per heavy atom. The number of benzene rings is 2. The van der Waals surface area contributed by atoms with Crippen molar-refractivity contribution in [2.45, 2.75) is 13.0 Å². The minimum absolute atomic E-state index is 0.240. The van der Waals surface area contributed by atoms with Crippen molar-refractivity contribution in [2.24, 2.45) is 0 Å². The first-order chi connectivity index (χ1) is 15.7. The highest BCUT2D eigenvalue weighted by molar-refractivity contribution is 7.91. The normalized spacial score (nSPS) is 18.8. The summed E-state index contributed by atoms with van der Waals surface area (Å²) in [5, 5.41) is 7.43. The predicted octanol–water partition coefficient (Wildman–Crippen LogP) is 2.52. The maximum Gasteiger partial charge on any atom is 0.246 e. The first kappa shape index (κ1) is 21.8. The Hall–Kier alpha value is -3.05. The number of sulfone groups is 1. The molecule has 5 rings (SSSR count). The number of rotatable bonds is 5. The standard InChI is InChI=1S/C22H24F2N6O2S/c1-15-6-18(26-22-25-14-30(27-22)20-9-16(23)8-17(24)10-20)11-19(7-15)29-12-21(13-29)28-2-4-33(31,32)5-3-28/h6-11,14,21H,2-5,12-13H2,1H3,(H,26,27). The van der Waals surface area contributed by atoms with Crippen molar-refractivity contribution in [3.05, 3.63) is 59.9 Å². The number of nitrogens with zero attached hydrogens (tertiary/aromatic N) is 5. The SMILES string of the molecule is Cc1cc(Nc2ncn(-c3cc(F)cc(F)c3)n2)cc(N2CC(N3CCS(=O)(=O)CC3)C2)c1. The van der Waals surface area contributed by atoms with E-state index in [0.717, 1.165) is 36.1 Å². The highest BCUT2D eigenvalue weighted by Gasteiger charge is 2.35. The van der Waals surface area contributed by atoms with Gasteiger partial charge in [0.25, 0.3) is 0 Å². The van der Waals surface area contributed by atoms with Crippen LogP contribution >= 0.6 is 0 Å². The quantitative estimate of drug-likeness (QED) is 0.608. The maximum absolute atomic E-state index is 13.5. The van der Waals surface area contributed by atoms with Crippen LogP contribution in [-0.4, -0.2) is 71.8 Å². The third-order valence-electron chi connectivity index (χ3n) is 6.04. The lowest BCUT2D eigenvalue weighted by molar-refractivity contribution is 0.180. The molecule has 2 fully saturated rings. The third-order valence-corrected chi connectivity index (χ3v) is 7.65. The van der Waals surface area contributed by atoms with Crippen LogP contribution in [0.25, 0.3) is 5.69 Å². The van der Waals surface area contributed by atoms with Crippen LogP contribution in [0.3, 0.4) is 0 Å². The molecule has 0 bridgehead atoms. The fourth-order valence-electron chi connectivity index (χ4n) is 4.25. The molecule has 2 aliphatic rings. The Bertz CT molecular complexity index is 1260. The highest BCUT2D eigenvalue weighted by Crippen LogP contribution is 2.29. The Kier molecular flexibility index (Phi) is 5.53. The fraction of sp³-hybridized carbons (Fsp3) is 0.364. The molecule has 33 heavy (non-hydrogen) atoms. The number of hydrogen-bond donors (Lipinski definition) is 1. The summed E-state index contributed by atoms with van der Waals surface area (Å²) in [7, 11) is -2.87. The van der Waals surface area contributed by atoms with Crippen molar-refractivity contribution in [2.75, 3.05) is 47.9 Å². The molecular weight excluding hydrogens is 450 g/mol. The van der Waals surface area contributed by atoms with Crippen molar-refractivity contribution < 1.29 is 17.2 Å².